The minimum atomic E-state index is 0.957. The van der Waals surface area contributed by atoms with E-state index in [0.717, 1.165) is 74.7 Å². The van der Waals surface area contributed by atoms with Gasteiger partial charge in [-0.1, -0.05) is 165 Å². The van der Waals surface area contributed by atoms with E-state index in [9.17, 15) is 5.53 Å². The van der Waals surface area contributed by atoms with Crippen molar-refractivity contribution < 1.29 is 15.6 Å². The Hall–Kier alpha value is -1.81. The molecule has 2 aromatic rings. The van der Waals surface area contributed by atoms with Crippen LogP contribution in [0.4, 0.5) is 0 Å². The van der Waals surface area contributed by atoms with E-state index in [2.05, 4.69) is 141 Å². The molecule has 0 atom stereocenters. The van der Waals surface area contributed by atoms with E-state index in [4.69, 9.17) is 0 Å². The van der Waals surface area contributed by atoms with Crippen LogP contribution in [0.25, 0.3) is 16.9 Å². The van der Waals surface area contributed by atoms with Crippen molar-refractivity contribution in [3.05, 3.63) is 124 Å². The molecule has 0 aromatic heterocycles. The van der Waals surface area contributed by atoms with Gasteiger partial charge >= 0.3 is 39.3 Å². The Morgan fingerprint density at radius 1 is 0.529 bits per heavy atom. The average Bonchev–Trinajstić information content (AvgIpc) is 3.41. The number of benzene rings is 2. The summed E-state index contributed by atoms with van der Waals surface area (Å²) >= 11 is 6.00. The molecule has 0 bridgehead atoms. The molecule has 0 unspecified atom stereocenters. The van der Waals surface area contributed by atoms with Gasteiger partial charge < -0.3 is 5.53 Å². The molecule has 0 spiro atoms. The van der Waals surface area contributed by atoms with Gasteiger partial charge in [-0.3, -0.25) is 0 Å². The van der Waals surface area contributed by atoms with Crippen LogP contribution >= 0.6 is 28.5 Å². The molecule has 3 rings (SSSR count). The monoisotopic (exact) mass is 862 g/mol. The first kappa shape index (κ1) is 45.4. The third kappa shape index (κ3) is 16.8. The van der Waals surface area contributed by atoms with Crippen molar-refractivity contribution in [2.75, 3.05) is 0 Å². The van der Waals surface area contributed by atoms with Crippen LogP contribution in [-0.4, -0.2) is 4.70 Å². The van der Waals surface area contributed by atoms with E-state index in [1.165, 1.54) is 109 Å². The van der Waals surface area contributed by atoms with Crippen molar-refractivity contribution in [1.29, 1.82) is 0 Å². The maximum absolute atomic E-state index is 12.4. The summed E-state index contributed by atoms with van der Waals surface area (Å²) in [5.41, 5.74) is 21.8. The van der Waals surface area contributed by atoms with Crippen molar-refractivity contribution in [1.82, 2.24) is 0 Å². The van der Waals surface area contributed by atoms with Crippen molar-refractivity contribution >= 4 is 39.8 Å². The van der Waals surface area contributed by atoms with Crippen LogP contribution < -0.4 is 0 Å². The maximum atomic E-state index is 12.4. The summed E-state index contributed by atoms with van der Waals surface area (Å²) in [4.78, 5) is 0. The Kier molecular flexibility index (Phi) is 26.3. The number of rotatable bonds is 25. The van der Waals surface area contributed by atoms with Crippen molar-refractivity contribution in [3.8, 4) is 0 Å². The Morgan fingerprint density at radius 3 is 1.55 bits per heavy atom. The van der Waals surface area contributed by atoms with Gasteiger partial charge in [-0.15, -0.1) is 0 Å². The number of nitrogens with zero attached hydrogens (tertiary/aromatic N) is 2. The number of allylic oxidation sites excluding steroid dienone is 8. The molecule has 0 radical (unpaired) electrons. The molecule has 0 amide bonds. The molecule has 1 aliphatic rings. The summed E-state index contributed by atoms with van der Waals surface area (Å²) in [5.74, 6) is 0. The first-order chi connectivity index (χ1) is 25.1. The van der Waals surface area contributed by atoms with Gasteiger partial charge in [-0.2, -0.15) is 0 Å². The summed E-state index contributed by atoms with van der Waals surface area (Å²) in [7, 11) is 1.25. The number of hydrogen-bond acceptors (Lipinski definition) is 0. The summed E-state index contributed by atoms with van der Waals surface area (Å²) < 4.78 is 1.58. The molecule has 0 N–H and O–H groups in total. The van der Waals surface area contributed by atoms with E-state index >= 15 is 0 Å². The summed E-state index contributed by atoms with van der Waals surface area (Å²) in [6.45, 7) is 9.02. The topological polar surface area (TPSA) is 25.3 Å². The fourth-order valence-electron chi connectivity index (χ4n) is 6.79. The number of aryl methyl sites for hydroxylation is 2. The first-order valence-electron chi connectivity index (χ1n) is 20.0. The predicted octanol–water partition coefficient (Wildman–Crippen LogP) is 16.4. The van der Waals surface area contributed by atoms with Crippen LogP contribution in [0.15, 0.2) is 96.1 Å². The van der Waals surface area contributed by atoms with Crippen LogP contribution in [0, 0.1) is 0 Å². The van der Waals surface area contributed by atoms with E-state index in [1.54, 1.807) is 4.70 Å². The van der Waals surface area contributed by atoms with Gasteiger partial charge in [0, 0.05) is 16.7 Å². The van der Waals surface area contributed by atoms with E-state index in [1.807, 2.05) is 0 Å². The van der Waals surface area contributed by atoms with Gasteiger partial charge in [0.05, 0.1) is 5.57 Å². The molecule has 1 heterocycles. The fraction of sp³-hybridized carbons (Fsp3) is 0.522. The molecule has 2 aromatic carbocycles. The van der Waals surface area contributed by atoms with Crippen molar-refractivity contribution in [2.24, 2.45) is 0 Å². The van der Waals surface area contributed by atoms with Crippen LogP contribution in [-0.2, 0) is 23.7 Å². The Morgan fingerprint density at radius 2 is 1.00 bits per heavy atom. The molecular weight excluding hydrogens is 799 g/mol. The summed E-state index contributed by atoms with van der Waals surface area (Å²) in [6, 6.07) is 17.6. The normalized spacial score (nSPS) is 13.5. The Balaban J connectivity index is 0.00000290. The molecule has 0 fully saturated rings. The minimum absolute atomic E-state index is 0.957. The molecule has 2 nitrogen and oxygen atoms in total. The quantitative estimate of drug-likeness (QED) is 0.0411. The molecular formula is C46H66Br2N2Ni. The van der Waals surface area contributed by atoms with Gasteiger partial charge in [0.25, 0.3) is 0 Å². The fourth-order valence-corrected chi connectivity index (χ4v) is 6.79. The van der Waals surface area contributed by atoms with Crippen LogP contribution in [0.2, 0.25) is 0 Å². The van der Waals surface area contributed by atoms with Gasteiger partial charge in [-0.05, 0) is 87.5 Å². The zero-order chi connectivity index (χ0) is 36.9. The van der Waals surface area contributed by atoms with Gasteiger partial charge in [0.2, 0.25) is 11.4 Å². The number of halogens is 2. The first-order valence-corrected chi connectivity index (χ1v) is 24.9. The third-order valence-electron chi connectivity index (χ3n) is 9.53. The second-order valence-corrected chi connectivity index (χ2v) is 18.6. The molecule has 0 aliphatic carbocycles. The molecule has 284 valence electrons. The van der Waals surface area contributed by atoms with Crippen molar-refractivity contribution in [3.63, 3.8) is 0 Å². The molecule has 5 heteroatoms. The van der Waals surface area contributed by atoms with Gasteiger partial charge in [-0.25, -0.2) is 4.70 Å². The summed E-state index contributed by atoms with van der Waals surface area (Å²) in [6.07, 6.45) is 37.4. The Bertz CT molecular complexity index is 1420. The van der Waals surface area contributed by atoms with E-state index < -0.39 is 0 Å². The predicted molar refractivity (Wildman–Crippen MR) is 229 cm³/mol. The average molecular weight is 866 g/mol. The van der Waals surface area contributed by atoms with E-state index in [0.29, 0.717) is 0 Å². The molecule has 1 aliphatic heterocycles. The van der Waals surface area contributed by atoms with E-state index in [-0.39, 0.29) is 0 Å². The van der Waals surface area contributed by atoms with Crippen LogP contribution in [0.5, 0.6) is 0 Å². The Labute approximate surface area is 333 Å². The van der Waals surface area contributed by atoms with Gasteiger partial charge in [0.15, 0.2) is 0 Å². The molecule has 51 heavy (non-hydrogen) atoms. The molecule has 0 saturated heterocycles. The number of unbranched alkanes of at least 4 members (excludes halogenated alkanes) is 11. The molecule has 0 saturated carbocycles. The second-order valence-electron chi connectivity index (χ2n) is 13.6. The van der Waals surface area contributed by atoms with Crippen LogP contribution in [0.3, 0.4) is 0 Å². The number of hydrogen-bond donors (Lipinski definition) is 0. The zero-order valence-corrected chi connectivity index (χ0v) is 36.4. The second kappa shape index (κ2) is 29.6. The van der Waals surface area contributed by atoms with Gasteiger partial charge in [0.1, 0.15) is 0 Å². The zero-order valence-electron chi connectivity index (χ0n) is 32.2. The third-order valence-corrected chi connectivity index (χ3v) is 9.53. The van der Waals surface area contributed by atoms with Crippen LogP contribution in [0.1, 0.15) is 166 Å². The van der Waals surface area contributed by atoms with Crippen molar-refractivity contribution in [2.45, 2.75) is 156 Å². The standard InChI is InChI=1S/C46H66N2.2BrH.Ni/c1-5-9-13-16-17-18-19-22-26-38-44-43(37-23-12-8-4)45(41-35-29-27-33-39(41)31-24-20-14-10-6-2)48(47)46(44)42-36-30-28-34-40(42)32-25-21-15-11-7-3;;;/h14-15,20-21,26-30,33-36,38H,5-13,16-19,22-25,31-32,37H2,1-4H3;2*1H;/q;;;+2/p-2. The SMILES string of the molecule is CCCC=CCCc1ccccc1C1=C(C=CCCCCCCCCC)C(CCCCC)=C(c2ccccc2CCC=CCCC)[N+]1=[N-].[Br][Ni][Br]. The summed E-state index contributed by atoms with van der Waals surface area (Å²) in [5, 5.41) is 0.